The molecule has 3 heterocycles. The van der Waals surface area contributed by atoms with Crippen molar-refractivity contribution in [1.82, 2.24) is 10.6 Å². The number of thiophene rings is 1. The molecule has 3 rings (SSSR count). The molecule has 4 nitrogen and oxygen atoms in total. The average Bonchev–Trinajstić information content (AvgIpc) is 3.07. The average molecular weight is 280 g/mol. The van der Waals surface area contributed by atoms with Gasteiger partial charge in [-0.05, 0) is 43.5 Å². The molecule has 5 heteroatoms. The van der Waals surface area contributed by atoms with Gasteiger partial charge in [-0.3, -0.25) is 4.79 Å². The number of fused-ring (bicyclic) bond motifs is 1. The lowest BCUT2D eigenvalue weighted by atomic mass is 10.1. The van der Waals surface area contributed by atoms with E-state index in [2.05, 4.69) is 10.6 Å². The maximum absolute atomic E-state index is 12.1. The van der Waals surface area contributed by atoms with Gasteiger partial charge in [-0.1, -0.05) is 0 Å². The summed E-state index contributed by atoms with van der Waals surface area (Å²) < 4.78 is 5.41. The molecule has 104 valence electrons. The van der Waals surface area contributed by atoms with Gasteiger partial charge in [-0.15, -0.1) is 11.3 Å². The van der Waals surface area contributed by atoms with Crippen LogP contribution in [-0.2, 0) is 17.8 Å². The topological polar surface area (TPSA) is 50.4 Å². The van der Waals surface area contributed by atoms with E-state index in [4.69, 9.17) is 4.74 Å². The van der Waals surface area contributed by atoms with E-state index in [0.717, 1.165) is 49.9 Å². The van der Waals surface area contributed by atoms with Crippen molar-refractivity contribution in [2.75, 3.05) is 26.2 Å². The summed E-state index contributed by atoms with van der Waals surface area (Å²) in [6, 6.07) is 1.99. The maximum atomic E-state index is 12.1. The Balaban J connectivity index is 1.50. The van der Waals surface area contributed by atoms with Gasteiger partial charge in [0.05, 0.1) is 18.1 Å². The van der Waals surface area contributed by atoms with E-state index >= 15 is 0 Å². The molecule has 2 N–H and O–H groups in total. The number of carbonyl (C=O) groups excluding carboxylic acids is 1. The number of amides is 1. The van der Waals surface area contributed by atoms with Gasteiger partial charge in [-0.25, -0.2) is 0 Å². The fourth-order valence-electron chi connectivity index (χ4n) is 2.70. The minimum absolute atomic E-state index is 0.0744. The van der Waals surface area contributed by atoms with E-state index in [1.165, 1.54) is 16.9 Å². The highest BCUT2D eigenvalue weighted by Crippen LogP contribution is 2.26. The summed E-state index contributed by atoms with van der Waals surface area (Å²) >= 11 is 1.62. The second kappa shape index (κ2) is 6.03. The van der Waals surface area contributed by atoms with Crippen LogP contribution in [0.15, 0.2) is 6.07 Å². The van der Waals surface area contributed by atoms with Crippen molar-refractivity contribution in [1.29, 1.82) is 0 Å². The lowest BCUT2D eigenvalue weighted by molar-refractivity contribution is 0.0955. The van der Waals surface area contributed by atoms with Crippen LogP contribution >= 0.6 is 11.3 Å². The van der Waals surface area contributed by atoms with Gasteiger partial charge in [0.25, 0.3) is 5.91 Å². The highest BCUT2D eigenvalue weighted by atomic mass is 32.1. The largest absolute Gasteiger partial charge is 0.376 e. The van der Waals surface area contributed by atoms with Crippen LogP contribution in [0, 0.1) is 5.92 Å². The second-order valence-electron chi connectivity index (χ2n) is 5.27. The Bertz CT molecular complexity index is 429. The van der Waals surface area contributed by atoms with E-state index in [1.807, 2.05) is 6.07 Å². The summed E-state index contributed by atoms with van der Waals surface area (Å²) in [7, 11) is 0. The summed E-state index contributed by atoms with van der Waals surface area (Å²) in [6.45, 7) is 4.44. The molecular formula is C14H20N2O2S. The summed E-state index contributed by atoms with van der Waals surface area (Å²) in [6.07, 6.45) is 3.26. The van der Waals surface area contributed by atoms with Gasteiger partial charge in [-0.2, -0.15) is 0 Å². The molecule has 0 aromatic carbocycles. The highest BCUT2D eigenvalue weighted by Gasteiger charge is 2.18. The number of hydrogen-bond acceptors (Lipinski definition) is 4. The molecule has 1 fully saturated rings. The Hall–Kier alpha value is -0.910. The van der Waals surface area contributed by atoms with Crippen molar-refractivity contribution in [3.05, 3.63) is 21.4 Å². The van der Waals surface area contributed by atoms with E-state index < -0.39 is 0 Å². The van der Waals surface area contributed by atoms with Gasteiger partial charge in [0.1, 0.15) is 0 Å². The molecule has 1 aromatic heterocycles. The predicted octanol–water partition coefficient (Wildman–Crippen LogP) is 1.55. The van der Waals surface area contributed by atoms with Crippen molar-refractivity contribution in [2.24, 2.45) is 5.92 Å². The van der Waals surface area contributed by atoms with Crippen molar-refractivity contribution in [3.8, 4) is 0 Å². The third-order valence-electron chi connectivity index (χ3n) is 3.85. The van der Waals surface area contributed by atoms with Gasteiger partial charge >= 0.3 is 0 Å². The number of nitrogens with one attached hydrogen (secondary N) is 2. The molecule has 0 aliphatic carbocycles. The van der Waals surface area contributed by atoms with Crippen LogP contribution in [0.3, 0.4) is 0 Å². The summed E-state index contributed by atoms with van der Waals surface area (Å²) in [5, 5.41) is 6.39. The number of ether oxygens (including phenoxy) is 1. The van der Waals surface area contributed by atoms with Crippen LogP contribution in [0.5, 0.6) is 0 Å². The Kier molecular flexibility index (Phi) is 4.15. The van der Waals surface area contributed by atoms with Gasteiger partial charge in [0, 0.05) is 17.8 Å². The van der Waals surface area contributed by atoms with Crippen molar-refractivity contribution >= 4 is 17.2 Å². The Labute approximate surface area is 117 Å². The Morgan fingerprint density at radius 1 is 1.58 bits per heavy atom. The quantitative estimate of drug-likeness (QED) is 0.880. The molecule has 19 heavy (non-hydrogen) atoms. The normalized spacial score (nSPS) is 22.2. The Morgan fingerprint density at radius 3 is 3.32 bits per heavy atom. The first kappa shape index (κ1) is 13.1. The number of hydrogen-bond donors (Lipinski definition) is 2. The van der Waals surface area contributed by atoms with Gasteiger partial charge < -0.3 is 15.4 Å². The van der Waals surface area contributed by atoms with Crippen LogP contribution in [0.4, 0.5) is 0 Å². The molecule has 1 saturated heterocycles. The van der Waals surface area contributed by atoms with Crippen molar-refractivity contribution < 1.29 is 9.53 Å². The fraction of sp³-hybridized carbons (Fsp3) is 0.643. The molecule has 0 saturated carbocycles. The zero-order valence-electron chi connectivity index (χ0n) is 11.0. The molecule has 1 unspecified atom stereocenters. The van der Waals surface area contributed by atoms with Crippen LogP contribution in [0.2, 0.25) is 0 Å². The lowest BCUT2D eigenvalue weighted by Crippen LogP contribution is -2.25. The second-order valence-corrected chi connectivity index (χ2v) is 6.40. The zero-order valence-corrected chi connectivity index (χ0v) is 11.9. The Morgan fingerprint density at radius 2 is 2.53 bits per heavy atom. The minimum Gasteiger partial charge on any atom is -0.376 e. The van der Waals surface area contributed by atoms with Crippen molar-refractivity contribution in [3.63, 3.8) is 0 Å². The van der Waals surface area contributed by atoms with Gasteiger partial charge in [0.15, 0.2) is 0 Å². The number of carbonyl (C=O) groups is 1. The van der Waals surface area contributed by atoms with Crippen LogP contribution in [-0.4, -0.2) is 32.1 Å². The van der Waals surface area contributed by atoms with E-state index in [-0.39, 0.29) is 5.91 Å². The zero-order chi connectivity index (χ0) is 13.1. The molecule has 2 aliphatic heterocycles. The first-order valence-electron chi connectivity index (χ1n) is 7.01. The standard InChI is InChI=1S/C14H20N2O2S/c17-14(16-5-2-10-1-4-15-8-10)13-7-11-9-18-6-3-12(11)19-13/h7,10,15H,1-6,8-9H2,(H,16,17). The first-order valence-corrected chi connectivity index (χ1v) is 7.83. The molecule has 0 radical (unpaired) electrons. The van der Waals surface area contributed by atoms with E-state index in [9.17, 15) is 4.79 Å². The molecule has 1 amide bonds. The molecule has 0 spiro atoms. The predicted molar refractivity (Wildman–Crippen MR) is 75.6 cm³/mol. The van der Waals surface area contributed by atoms with Crippen LogP contribution in [0.25, 0.3) is 0 Å². The van der Waals surface area contributed by atoms with E-state index in [0.29, 0.717) is 6.61 Å². The number of rotatable bonds is 4. The summed E-state index contributed by atoms with van der Waals surface area (Å²) in [5.74, 6) is 0.801. The molecule has 2 aliphatic rings. The minimum atomic E-state index is 0.0744. The molecular weight excluding hydrogens is 260 g/mol. The van der Waals surface area contributed by atoms with Crippen molar-refractivity contribution in [2.45, 2.75) is 25.9 Å². The summed E-state index contributed by atoms with van der Waals surface area (Å²) in [5.41, 5.74) is 1.20. The third-order valence-corrected chi connectivity index (χ3v) is 5.09. The molecule has 0 bridgehead atoms. The summed E-state index contributed by atoms with van der Waals surface area (Å²) in [4.78, 5) is 14.2. The molecule has 1 aromatic rings. The fourth-order valence-corrected chi connectivity index (χ4v) is 3.76. The van der Waals surface area contributed by atoms with Gasteiger partial charge in [0.2, 0.25) is 0 Å². The van der Waals surface area contributed by atoms with Crippen LogP contribution in [0.1, 0.15) is 33.0 Å². The monoisotopic (exact) mass is 280 g/mol. The lowest BCUT2D eigenvalue weighted by Gasteiger charge is -2.10. The third kappa shape index (κ3) is 3.16. The first-order chi connectivity index (χ1) is 9.33. The maximum Gasteiger partial charge on any atom is 0.261 e. The molecule has 1 atom stereocenters. The smallest absolute Gasteiger partial charge is 0.261 e. The highest BCUT2D eigenvalue weighted by molar-refractivity contribution is 7.14. The van der Waals surface area contributed by atoms with E-state index in [1.54, 1.807) is 11.3 Å². The van der Waals surface area contributed by atoms with Crippen LogP contribution < -0.4 is 10.6 Å². The SMILES string of the molecule is O=C(NCCC1CCNC1)c1cc2c(s1)CCOC2.